The summed E-state index contributed by atoms with van der Waals surface area (Å²) in [6, 6.07) is 4.16. The van der Waals surface area contributed by atoms with E-state index in [0.29, 0.717) is 6.47 Å². The number of nitrogens with zero attached hydrogens (tertiary/aromatic N) is 1. The summed E-state index contributed by atoms with van der Waals surface area (Å²) < 4.78 is 4.55. The molecule has 1 heterocycles. The Morgan fingerprint density at radius 1 is 1.44 bits per heavy atom. The predicted octanol–water partition coefficient (Wildman–Crippen LogP) is 2.92. The van der Waals surface area contributed by atoms with Gasteiger partial charge in [0.05, 0.1) is 0 Å². The van der Waals surface area contributed by atoms with E-state index >= 15 is 0 Å². The fraction of sp³-hybridized carbons (Fsp3) is 0.538. The van der Waals surface area contributed by atoms with Crippen molar-refractivity contribution in [3.05, 3.63) is 30.1 Å². The Morgan fingerprint density at radius 3 is 2.44 bits per heavy atom. The van der Waals surface area contributed by atoms with Crippen LogP contribution < -0.4 is 0 Å². The van der Waals surface area contributed by atoms with E-state index in [0.717, 1.165) is 5.92 Å². The molecule has 0 bridgehead atoms. The molecule has 1 aliphatic carbocycles. The Labute approximate surface area is 96.8 Å². The largest absolute Gasteiger partial charge is 0.462 e. The van der Waals surface area contributed by atoms with Crippen LogP contribution in [0.2, 0.25) is 0 Å². The van der Waals surface area contributed by atoms with Crippen LogP contribution in [0.4, 0.5) is 0 Å². The van der Waals surface area contributed by atoms with Gasteiger partial charge in [0, 0.05) is 12.4 Å². The van der Waals surface area contributed by atoms with Gasteiger partial charge in [-0.1, -0.05) is 6.07 Å². The van der Waals surface area contributed by atoms with Gasteiger partial charge in [-0.05, 0) is 51.2 Å². The zero-order valence-electron chi connectivity index (χ0n) is 10.1. The van der Waals surface area contributed by atoms with E-state index in [2.05, 4.69) is 15.8 Å². The van der Waals surface area contributed by atoms with Crippen LogP contribution in [0, 0.1) is 0 Å². The van der Waals surface area contributed by atoms with E-state index < -0.39 is 0 Å². The summed E-state index contributed by atoms with van der Waals surface area (Å²) >= 11 is 0. The van der Waals surface area contributed by atoms with Gasteiger partial charge in [-0.2, -0.15) is 0 Å². The molecule has 1 aromatic heterocycles. The quantitative estimate of drug-likeness (QED) is 0.721. The van der Waals surface area contributed by atoms with Gasteiger partial charge in [0.1, 0.15) is 5.60 Å². The second-order valence-corrected chi connectivity index (χ2v) is 4.89. The fourth-order valence-corrected chi connectivity index (χ4v) is 1.18. The SMILES string of the molecule is CC(C)(C)OC=O.c1cncc(C2CC2)c1. The zero-order chi connectivity index (χ0) is 12.0. The van der Waals surface area contributed by atoms with Gasteiger partial charge in [-0.15, -0.1) is 0 Å². The molecule has 0 N–H and O–H groups in total. The van der Waals surface area contributed by atoms with Crippen molar-refractivity contribution in [2.45, 2.75) is 45.1 Å². The molecule has 0 radical (unpaired) electrons. The summed E-state index contributed by atoms with van der Waals surface area (Å²) in [7, 11) is 0. The van der Waals surface area contributed by atoms with Crippen molar-refractivity contribution in [3.63, 3.8) is 0 Å². The third-order valence-electron chi connectivity index (χ3n) is 2.13. The summed E-state index contributed by atoms with van der Waals surface area (Å²) in [5.74, 6) is 0.846. The number of carbonyl (C=O) groups is 1. The molecule has 1 aliphatic rings. The Hall–Kier alpha value is -1.38. The third kappa shape index (κ3) is 5.49. The van der Waals surface area contributed by atoms with Crippen molar-refractivity contribution >= 4 is 6.47 Å². The Balaban J connectivity index is 0.000000168. The molecule has 0 aliphatic heterocycles. The standard InChI is InChI=1S/C8H9N.C5H10O2/c1-2-8(6-9-5-1)7-3-4-7;1-5(2,3)7-4-6/h1-2,5-7H,3-4H2;4H,1-3H3. The van der Waals surface area contributed by atoms with Crippen molar-refractivity contribution in [2.24, 2.45) is 0 Å². The van der Waals surface area contributed by atoms with E-state index in [1.807, 2.05) is 39.2 Å². The summed E-state index contributed by atoms with van der Waals surface area (Å²) in [6.45, 7) is 5.92. The average Bonchev–Trinajstić information content (AvgIpc) is 3.01. The van der Waals surface area contributed by atoms with Gasteiger partial charge < -0.3 is 4.74 Å². The van der Waals surface area contributed by atoms with E-state index in [-0.39, 0.29) is 5.60 Å². The highest BCUT2D eigenvalue weighted by Crippen LogP contribution is 2.39. The molecule has 0 spiro atoms. The number of ether oxygens (including phenoxy) is 1. The lowest BCUT2D eigenvalue weighted by atomic mass is 10.2. The molecular weight excluding hydrogens is 202 g/mol. The number of aromatic nitrogens is 1. The van der Waals surface area contributed by atoms with E-state index in [1.165, 1.54) is 18.4 Å². The molecule has 0 amide bonds. The average molecular weight is 221 g/mol. The van der Waals surface area contributed by atoms with E-state index in [9.17, 15) is 4.79 Å². The Bertz CT molecular complexity index is 312. The van der Waals surface area contributed by atoms with Crippen LogP contribution in [0.15, 0.2) is 24.5 Å². The topological polar surface area (TPSA) is 39.2 Å². The van der Waals surface area contributed by atoms with Crippen molar-refractivity contribution in [2.75, 3.05) is 0 Å². The number of hydrogen-bond donors (Lipinski definition) is 0. The second-order valence-electron chi connectivity index (χ2n) is 4.89. The minimum absolute atomic E-state index is 0.318. The zero-order valence-corrected chi connectivity index (χ0v) is 10.1. The number of pyridine rings is 1. The minimum atomic E-state index is -0.318. The molecule has 88 valence electrons. The van der Waals surface area contributed by atoms with Crippen molar-refractivity contribution in [3.8, 4) is 0 Å². The highest BCUT2D eigenvalue weighted by Gasteiger charge is 2.22. The molecule has 1 fully saturated rings. The van der Waals surface area contributed by atoms with E-state index in [4.69, 9.17) is 0 Å². The molecule has 2 rings (SSSR count). The molecule has 3 heteroatoms. The van der Waals surface area contributed by atoms with Crippen molar-refractivity contribution in [1.29, 1.82) is 0 Å². The first-order valence-corrected chi connectivity index (χ1v) is 5.54. The predicted molar refractivity (Wildman–Crippen MR) is 63.1 cm³/mol. The number of rotatable bonds is 2. The molecule has 16 heavy (non-hydrogen) atoms. The molecular formula is C13H19NO2. The van der Waals surface area contributed by atoms with Gasteiger partial charge in [0.25, 0.3) is 6.47 Å². The van der Waals surface area contributed by atoms with Gasteiger partial charge in [0.15, 0.2) is 0 Å². The highest BCUT2D eigenvalue weighted by atomic mass is 16.5. The maximum Gasteiger partial charge on any atom is 0.293 e. The second kappa shape index (κ2) is 5.64. The van der Waals surface area contributed by atoms with Crippen LogP contribution in [-0.4, -0.2) is 17.1 Å². The van der Waals surface area contributed by atoms with Crippen LogP contribution in [-0.2, 0) is 9.53 Å². The number of carbonyl (C=O) groups excluding carboxylic acids is 1. The Kier molecular flexibility index (Phi) is 4.47. The van der Waals surface area contributed by atoms with Gasteiger partial charge in [-0.3, -0.25) is 9.78 Å². The van der Waals surface area contributed by atoms with Crippen LogP contribution in [0.1, 0.15) is 45.1 Å². The summed E-state index contributed by atoms with van der Waals surface area (Å²) in [5, 5.41) is 0. The molecule has 0 aromatic carbocycles. The van der Waals surface area contributed by atoms with Crippen LogP contribution in [0.25, 0.3) is 0 Å². The number of hydrogen-bond acceptors (Lipinski definition) is 3. The molecule has 3 nitrogen and oxygen atoms in total. The summed E-state index contributed by atoms with van der Waals surface area (Å²) in [6.07, 6.45) is 6.53. The minimum Gasteiger partial charge on any atom is -0.462 e. The molecule has 0 saturated heterocycles. The molecule has 1 saturated carbocycles. The normalized spacial score (nSPS) is 14.7. The molecule has 0 unspecified atom stereocenters. The lowest BCUT2D eigenvalue weighted by molar-refractivity contribution is -0.138. The fourth-order valence-electron chi connectivity index (χ4n) is 1.18. The van der Waals surface area contributed by atoms with Crippen LogP contribution in [0.5, 0.6) is 0 Å². The van der Waals surface area contributed by atoms with E-state index in [1.54, 1.807) is 0 Å². The maximum absolute atomic E-state index is 9.60. The van der Waals surface area contributed by atoms with Crippen LogP contribution in [0.3, 0.4) is 0 Å². The smallest absolute Gasteiger partial charge is 0.293 e. The molecule has 0 atom stereocenters. The third-order valence-corrected chi connectivity index (χ3v) is 2.13. The lowest BCUT2D eigenvalue weighted by Crippen LogP contribution is -2.17. The first-order chi connectivity index (χ1) is 7.53. The monoisotopic (exact) mass is 221 g/mol. The van der Waals surface area contributed by atoms with Gasteiger partial charge in [0.2, 0.25) is 0 Å². The van der Waals surface area contributed by atoms with Crippen LogP contribution >= 0.6 is 0 Å². The maximum atomic E-state index is 9.60. The molecule has 1 aromatic rings. The highest BCUT2D eigenvalue weighted by molar-refractivity contribution is 5.37. The first kappa shape index (κ1) is 12.7. The summed E-state index contributed by atoms with van der Waals surface area (Å²) in [4.78, 5) is 13.6. The lowest BCUT2D eigenvalue weighted by Gasteiger charge is -2.14. The van der Waals surface area contributed by atoms with Gasteiger partial charge in [-0.25, -0.2) is 0 Å². The van der Waals surface area contributed by atoms with Gasteiger partial charge >= 0.3 is 0 Å². The first-order valence-electron chi connectivity index (χ1n) is 5.54. The van der Waals surface area contributed by atoms with Crippen molar-refractivity contribution in [1.82, 2.24) is 4.98 Å². The van der Waals surface area contributed by atoms with Crippen molar-refractivity contribution < 1.29 is 9.53 Å². The Morgan fingerprint density at radius 2 is 2.12 bits per heavy atom. The summed E-state index contributed by atoms with van der Waals surface area (Å²) in [5.41, 5.74) is 1.10.